The molecule has 0 aliphatic heterocycles. The average molecular weight is 244 g/mol. The van der Waals surface area contributed by atoms with Crippen LogP contribution < -0.4 is 15.8 Å². The summed E-state index contributed by atoms with van der Waals surface area (Å²) in [6, 6.07) is 7.84. The van der Waals surface area contributed by atoms with Crippen molar-refractivity contribution in [2.75, 3.05) is 18.2 Å². The van der Waals surface area contributed by atoms with Crippen LogP contribution in [0.1, 0.15) is 18.5 Å². The molecule has 1 heterocycles. The van der Waals surface area contributed by atoms with Crippen molar-refractivity contribution in [3.63, 3.8) is 0 Å². The minimum atomic E-state index is 0.0925. The Kier molecular flexibility index (Phi) is 3.62. The van der Waals surface area contributed by atoms with E-state index in [4.69, 9.17) is 10.5 Å². The normalized spacial score (nSPS) is 11.9. The Balaban J connectivity index is 2.13. The number of nitrogens with zero attached hydrogens (tertiary/aromatic N) is 2. The highest BCUT2D eigenvalue weighted by atomic mass is 16.5. The van der Waals surface area contributed by atoms with Crippen LogP contribution in [-0.4, -0.2) is 17.1 Å². The molecule has 0 radical (unpaired) electrons. The van der Waals surface area contributed by atoms with Crippen molar-refractivity contribution in [3.8, 4) is 5.88 Å². The molecule has 1 aromatic carbocycles. The zero-order chi connectivity index (χ0) is 13.0. The van der Waals surface area contributed by atoms with Gasteiger partial charge in [-0.15, -0.1) is 0 Å². The van der Waals surface area contributed by atoms with Gasteiger partial charge in [-0.3, -0.25) is 4.98 Å². The monoisotopic (exact) mass is 244 g/mol. The first-order valence-corrected chi connectivity index (χ1v) is 5.67. The third kappa shape index (κ3) is 2.88. The lowest BCUT2D eigenvalue weighted by Gasteiger charge is -2.15. The van der Waals surface area contributed by atoms with E-state index < -0.39 is 0 Å². The van der Waals surface area contributed by atoms with E-state index in [1.54, 1.807) is 19.5 Å². The topological polar surface area (TPSA) is 73.1 Å². The number of ether oxygens (including phenoxy) is 1. The molecular formula is C13H16N4O. The van der Waals surface area contributed by atoms with Gasteiger partial charge in [0.1, 0.15) is 5.82 Å². The van der Waals surface area contributed by atoms with E-state index in [2.05, 4.69) is 15.3 Å². The van der Waals surface area contributed by atoms with E-state index in [-0.39, 0.29) is 6.04 Å². The van der Waals surface area contributed by atoms with Crippen molar-refractivity contribution in [2.45, 2.75) is 13.0 Å². The maximum Gasteiger partial charge on any atom is 0.233 e. The Morgan fingerprint density at radius 2 is 2.17 bits per heavy atom. The molecule has 2 rings (SSSR count). The molecule has 3 N–H and O–H groups in total. The van der Waals surface area contributed by atoms with Gasteiger partial charge < -0.3 is 15.8 Å². The lowest BCUT2D eigenvalue weighted by Crippen LogP contribution is -2.08. The van der Waals surface area contributed by atoms with Crippen LogP contribution in [0.3, 0.4) is 0 Å². The Labute approximate surface area is 106 Å². The predicted molar refractivity (Wildman–Crippen MR) is 71.5 cm³/mol. The van der Waals surface area contributed by atoms with Crippen LogP contribution in [0.2, 0.25) is 0 Å². The lowest BCUT2D eigenvalue weighted by atomic mass is 10.1. The third-order valence-corrected chi connectivity index (χ3v) is 2.60. The number of benzene rings is 1. The average Bonchev–Trinajstić information content (AvgIpc) is 2.39. The molecule has 94 valence electrons. The largest absolute Gasteiger partial charge is 0.480 e. The number of hydrogen-bond donors (Lipinski definition) is 2. The fourth-order valence-corrected chi connectivity index (χ4v) is 1.65. The highest BCUT2D eigenvalue weighted by molar-refractivity contribution is 5.44. The second kappa shape index (κ2) is 5.35. The Bertz CT molecular complexity index is 530. The zero-order valence-corrected chi connectivity index (χ0v) is 10.4. The number of nitrogens with two attached hydrogens (primary N) is 1. The summed E-state index contributed by atoms with van der Waals surface area (Å²) in [6.07, 6.45) is 3.22. The molecule has 5 heteroatoms. The lowest BCUT2D eigenvalue weighted by molar-refractivity contribution is 0.396. The van der Waals surface area contributed by atoms with Gasteiger partial charge in [0.25, 0.3) is 0 Å². The van der Waals surface area contributed by atoms with Crippen molar-refractivity contribution in [1.82, 2.24) is 9.97 Å². The van der Waals surface area contributed by atoms with Crippen LogP contribution in [-0.2, 0) is 0 Å². The van der Waals surface area contributed by atoms with Crippen LogP contribution in [0.4, 0.5) is 11.5 Å². The van der Waals surface area contributed by atoms with Gasteiger partial charge >= 0.3 is 0 Å². The quantitative estimate of drug-likeness (QED) is 0.807. The first-order chi connectivity index (χ1) is 8.69. The fraction of sp³-hybridized carbons (Fsp3) is 0.231. The van der Waals surface area contributed by atoms with Crippen molar-refractivity contribution >= 4 is 11.5 Å². The van der Waals surface area contributed by atoms with Crippen LogP contribution in [0.5, 0.6) is 5.88 Å². The summed E-state index contributed by atoms with van der Waals surface area (Å²) in [7, 11) is 1.56. The number of nitrogens with one attached hydrogen (secondary N) is 1. The van der Waals surface area contributed by atoms with Crippen molar-refractivity contribution < 1.29 is 4.74 Å². The number of methoxy groups -OCH3 is 1. The molecule has 18 heavy (non-hydrogen) atoms. The number of anilines is 2. The van der Waals surface area contributed by atoms with Gasteiger partial charge in [-0.25, -0.2) is 0 Å². The van der Waals surface area contributed by atoms with Crippen molar-refractivity contribution in [3.05, 3.63) is 42.2 Å². The summed E-state index contributed by atoms with van der Waals surface area (Å²) in [5.74, 6) is 1.16. The van der Waals surface area contributed by atoms with E-state index in [1.807, 2.05) is 31.2 Å². The molecule has 5 nitrogen and oxygen atoms in total. The summed E-state index contributed by atoms with van der Waals surface area (Å²) in [5, 5.41) is 3.25. The maximum absolute atomic E-state index is 5.76. The van der Waals surface area contributed by atoms with Crippen LogP contribution in [0.25, 0.3) is 0 Å². The van der Waals surface area contributed by atoms with Gasteiger partial charge in [-0.05, 0) is 24.6 Å². The molecule has 1 atom stereocenters. The predicted octanol–water partition coefficient (Wildman–Crippen LogP) is 2.24. The molecule has 0 aliphatic carbocycles. The number of nitrogen functional groups attached to an aromatic ring is 1. The Morgan fingerprint density at radius 1 is 1.33 bits per heavy atom. The van der Waals surface area contributed by atoms with E-state index in [1.165, 1.54) is 0 Å². The van der Waals surface area contributed by atoms with Gasteiger partial charge in [0.15, 0.2) is 0 Å². The molecule has 1 aromatic heterocycles. The van der Waals surface area contributed by atoms with E-state index in [0.717, 1.165) is 11.3 Å². The fourth-order valence-electron chi connectivity index (χ4n) is 1.65. The molecule has 1 unspecified atom stereocenters. The van der Waals surface area contributed by atoms with Gasteiger partial charge in [0, 0.05) is 5.69 Å². The molecular weight excluding hydrogens is 228 g/mol. The van der Waals surface area contributed by atoms with Gasteiger partial charge in [0.2, 0.25) is 5.88 Å². The van der Waals surface area contributed by atoms with E-state index >= 15 is 0 Å². The SMILES string of the molecule is COc1cncc(NC(C)c2cccc(N)c2)n1. The summed E-state index contributed by atoms with van der Waals surface area (Å²) in [5.41, 5.74) is 7.60. The summed E-state index contributed by atoms with van der Waals surface area (Å²) in [4.78, 5) is 8.30. The highest BCUT2D eigenvalue weighted by Crippen LogP contribution is 2.20. The second-order valence-corrected chi connectivity index (χ2v) is 3.98. The smallest absolute Gasteiger partial charge is 0.233 e. The van der Waals surface area contributed by atoms with Crippen LogP contribution >= 0.6 is 0 Å². The molecule has 0 bridgehead atoms. The van der Waals surface area contributed by atoms with Crippen molar-refractivity contribution in [1.29, 1.82) is 0 Å². The molecule has 0 amide bonds. The highest BCUT2D eigenvalue weighted by Gasteiger charge is 2.07. The standard InChI is InChI=1S/C13H16N4O/c1-9(10-4-3-5-11(14)6-10)16-12-7-15-8-13(17-12)18-2/h3-9H,14H2,1-2H3,(H,16,17). The molecule has 0 saturated heterocycles. The maximum atomic E-state index is 5.76. The first kappa shape index (κ1) is 12.2. The third-order valence-electron chi connectivity index (χ3n) is 2.60. The second-order valence-electron chi connectivity index (χ2n) is 3.98. The summed E-state index contributed by atoms with van der Waals surface area (Å²) >= 11 is 0. The van der Waals surface area contributed by atoms with Gasteiger partial charge in [0.05, 0.1) is 25.5 Å². The van der Waals surface area contributed by atoms with E-state index in [9.17, 15) is 0 Å². The molecule has 0 fully saturated rings. The van der Waals surface area contributed by atoms with E-state index in [0.29, 0.717) is 11.7 Å². The Hall–Kier alpha value is -2.30. The molecule has 0 saturated carbocycles. The van der Waals surface area contributed by atoms with Crippen LogP contribution in [0.15, 0.2) is 36.7 Å². The minimum Gasteiger partial charge on any atom is -0.480 e. The van der Waals surface area contributed by atoms with Gasteiger partial charge in [-0.2, -0.15) is 4.98 Å². The number of aromatic nitrogens is 2. The zero-order valence-electron chi connectivity index (χ0n) is 10.4. The van der Waals surface area contributed by atoms with Crippen LogP contribution in [0, 0.1) is 0 Å². The van der Waals surface area contributed by atoms with Crippen molar-refractivity contribution in [2.24, 2.45) is 0 Å². The Morgan fingerprint density at radius 3 is 2.89 bits per heavy atom. The van der Waals surface area contributed by atoms with Gasteiger partial charge in [-0.1, -0.05) is 12.1 Å². The molecule has 2 aromatic rings. The molecule has 0 aliphatic rings. The first-order valence-electron chi connectivity index (χ1n) is 5.67. The minimum absolute atomic E-state index is 0.0925. The molecule has 0 spiro atoms. The number of hydrogen-bond acceptors (Lipinski definition) is 5. The summed E-state index contributed by atoms with van der Waals surface area (Å²) < 4.78 is 5.03. The summed E-state index contributed by atoms with van der Waals surface area (Å²) in [6.45, 7) is 2.04. The number of rotatable bonds is 4.